The summed E-state index contributed by atoms with van der Waals surface area (Å²) in [4.78, 5) is 13.3. The van der Waals surface area contributed by atoms with Crippen molar-refractivity contribution in [3.63, 3.8) is 0 Å². The second kappa shape index (κ2) is 19.9. The molecule has 0 aliphatic rings. The summed E-state index contributed by atoms with van der Waals surface area (Å²) in [5.41, 5.74) is 0.393. The van der Waals surface area contributed by atoms with E-state index >= 15 is 0 Å². The molecule has 0 fully saturated rings. The van der Waals surface area contributed by atoms with Crippen LogP contribution < -0.4 is 0 Å². The number of halogens is 1. The minimum atomic E-state index is -0.831. The summed E-state index contributed by atoms with van der Waals surface area (Å²) in [6.07, 6.45) is 20.7. The van der Waals surface area contributed by atoms with Gasteiger partial charge < -0.3 is 10.0 Å². The molecule has 0 aromatic carbocycles. The van der Waals surface area contributed by atoms with Crippen LogP contribution in [0, 0.1) is 5.92 Å². The summed E-state index contributed by atoms with van der Waals surface area (Å²) in [5.74, 6) is -0.706. The molecule has 0 radical (unpaired) electrons. The SMILES string of the molecule is C=C(C(=O)O)C(CCCCCCCCCCCCCCCCBr)CCN(C)C. The Labute approximate surface area is 183 Å². The third-order valence-electron chi connectivity index (χ3n) is 5.63. The van der Waals surface area contributed by atoms with E-state index in [9.17, 15) is 9.90 Å². The number of alkyl halides is 1. The van der Waals surface area contributed by atoms with Gasteiger partial charge in [0.1, 0.15) is 0 Å². The van der Waals surface area contributed by atoms with E-state index in [0.717, 1.165) is 31.1 Å². The van der Waals surface area contributed by atoms with E-state index in [-0.39, 0.29) is 5.92 Å². The molecule has 28 heavy (non-hydrogen) atoms. The molecule has 0 saturated heterocycles. The van der Waals surface area contributed by atoms with Gasteiger partial charge in [-0.1, -0.05) is 106 Å². The van der Waals surface area contributed by atoms with E-state index in [0.29, 0.717) is 5.57 Å². The topological polar surface area (TPSA) is 40.5 Å². The summed E-state index contributed by atoms with van der Waals surface area (Å²) in [5, 5.41) is 10.4. The molecule has 0 heterocycles. The normalized spacial score (nSPS) is 12.4. The van der Waals surface area contributed by atoms with Gasteiger partial charge in [-0.15, -0.1) is 0 Å². The van der Waals surface area contributed by atoms with Crippen molar-refractivity contribution in [2.75, 3.05) is 26.0 Å². The Balaban J connectivity index is 3.53. The van der Waals surface area contributed by atoms with E-state index in [1.807, 2.05) is 14.1 Å². The van der Waals surface area contributed by atoms with Gasteiger partial charge in [-0.3, -0.25) is 0 Å². The minimum absolute atomic E-state index is 0.124. The Kier molecular flexibility index (Phi) is 19.7. The monoisotopic (exact) mass is 459 g/mol. The first-order chi connectivity index (χ1) is 13.5. The van der Waals surface area contributed by atoms with Crippen molar-refractivity contribution in [1.82, 2.24) is 4.90 Å². The molecule has 0 amide bonds. The van der Waals surface area contributed by atoms with E-state index in [1.54, 1.807) is 0 Å². The molecule has 0 rings (SSSR count). The number of rotatable bonds is 21. The van der Waals surface area contributed by atoms with E-state index in [1.165, 1.54) is 83.5 Å². The van der Waals surface area contributed by atoms with E-state index in [2.05, 4.69) is 27.4 Å². The summed E-state index contributed by atoms with van der Waals surface area (Å²) in [6.45, 7) is 4.73. The van der Waals surface area contributed by atoms with Crippen LogP contribution >= 0.6 is 15.9 Å². The number of carboxylic acid groups (broad SMARTS) is 1. The maximum absolute atomic E-state index is 11.2. The van der Waals surface area contributed by atoms with Crippen LogP contribution in [0.3, 0.4) is 0 Å². The van der Waals surface area contributed by atoms with Crippen molar-refractivity contribution in [2.24, 2.45) is 5.92 Å². The zero-order valence-corrected chi connectivity index (χ0v) is 20.3. The number of carbonyl (C=O) groups is 1. The largest absolute Gasteiger partial charge is 0.478 e. The maximum atomic E-state index is 11.2. The second-order valence-electron chi connectivity index (χ2n) is 8.55. The average Bonchev–Trinajstić information content (AvgIpc) is 2.66. The van der Waals surface area contributed by atoms with Crippen LogP contribution in [0.15, 0.2) is 12.2 Å². The standard InChI is InChI=1S/C24H46BrNO2/c1-22(24(27)28)23(19-21-26(2)3)18-16-14-12-10-8-6-4-5-7-9-11-13-15-17-20-25/h23H,1,4-21H2,2-3H3,(H,27,28). The van der Waals surface area contributed by atoms with Crippen LogP contribution in [0.1, 0.15) is 103 Å². The van der Waals surface area contributed by atoms with Gasteiger partial charge in [0.05, 0.1) is 0 Å². The average molecular weight is 461 g/mol. The predicted molar refractivity (Wildman–Crippen MR) is 126 cm³/mol. The Morgan fingerprint density at radius 3 is 1.54 bits per heavy atom. The van der Waals surface area contributed by atoms with E-state index < -0.39 is 5.97 Å². The number of carboxylic acids is 1. The predicted octanol–water partition coefficient (Wildman–Crippen LogP) is 7.44. The van der Waals surface area contributed by atoms with Crippen LogP contribution in [-0.4, -0.2) is 41.9 Å². The first kappa shape index (κ1) is 27.6. The van der Waals surface area contributed by atoms with Crippen molar-refractivity contribution >= 4 is 21.9 Å². The molecular formula is C24H46BrNO2. The molecule has 166 valence electrons. The molecule has 0 aliphatic carbocycles. The van der Waals surface area contributed by atoms with Crippen LogP contribution in [0.2, 0.25) is 0 Å². The lowest BCUT2D eigenvalue weighted by Gasteiger charge is -2.19. The molecule has 0 aromatic rings. The van der Waals surface area contributed by atoms with Crippen LogP contribution in [0.25, 0.3) is 0 Å². The van der Waals surface area contributed by atoms with Gasteiger partial charge in [-0.05, 0) is 45.8 Å². The molecule has 1 N–H and O–H groups in total. The minimum Gasteiger partial charge on any atom is -0.478 e. The molecule has 3 nitrogen and oxygen atoms in total. The summed E-state index contributed by atoms with van der Waals surface area (Å²) in [7, 11) is 4.07. The van der Waals surface area contributed by atoms with Gasteiger partial charge in [-0.25, -0.2) is 4.79 Å². The molecule has 0 bridgehead atoms. The lowest BCUT2D eigenvalue weighted by molar-refractivity contribution is -0.133. The number of hydrogen-bond donors (Lipinski definition) is 1. The van der Waals surface area contributed by atoms with Gasteiger partial charge in [0.15, 0.2) is 0 Å². The van der Waals surface area contributed by atoms with Gasteiger partial charge in [-0.2, -0.15) is 0 Å². The second-order valence-corrected chi connectivity index (χ2v) is 9.34. The zero-order valence-electron chi connectivity index (χ0n) is 18.7. The van der Waals surface area contributed by atoms with Gasteiger partial charge in [0.2, 0.25) is 0 Å². The fraction of sp³-hybridized carbons (Fsp3) is 0.875. The summed E-state index contributed by atoms with van der Waals surface area (Å²) < 4.78 is 0. The number of aliphatic carboxylic acids is 1. The fourth-order valence-corrected chi connectivity index (χ4v) is 4.08. The lowest BCUT2D eigenvalue weighted by atomic mass is 9.90. The van der Waals surface area contributed by atoms with Crippen LogP contribution in [-0.2, 0) is 4.79 Å². The Morgan fingerprint density at radius 1 is 0.786 bits per heavy atom. The van der Waals surface area contributed by atoms with Gasteiger partial charge in [0, 0.05) is 10.9 Å². The van der Waals surface area contributed by atoms with Crippen molar-refractivity contribution in [3.05, 3.63) is 12.2 Å². The maximum Gasteiger partial charge on any atom is 0.331 e. The highest BCUT2D eigenvalue weighted by Crippen LogP contribution is 2.22. The van der Waals surface area contributed by atoms with Crippen molar-refractivity contribution in [2.45, 2.75) is 103 Å². The molecule has 0 aromatic heterocycles. The Bertz CT molecular complexity index is 385. The Morgan fingerprint density at radius 2 is 1.18 bits per heavy atom. The smallest absolute Gasteiger partial charge is 0.331 e. The Hall–Kier alpha value is -0.350. The quantitative estimate of drug-likeness (QED) is 0.110. The third kappa shape index (κ3) is 17.7. The molecule has 0 aliphatic heterocycles. The highest BCUT2D eigenvalue weighted by Gasteiger charge is 2.18. The van der Waals surface area contributed by atoms with E-state index in [4.69, 9.17) is 0 Å². The number of unbranched alkanes of at least 4 members (excludes halogenated alkanes) is 13. The summed E-state index contributed by atoms with van der Waals surface area (Å²) >= 11 is 3.49. The van der Waals surface area contributed by atoms with Crippen LogP contribution in [0.4, 0.5) is 0 Å². The fourth-order valence-electron chi connectivity index (χ4n) is 3.69. The van der Waals surface area contributed by atoms with Crippen molar-refractivity contribution in [1.29, 1.82) is 0 Å². The third-order valence-corrected chi connectivity index (χ3v) is 6.19. The summed E-state index contributed by atoms with van der Waals surface area (Å²) in [6, 6.07) is 0. The number of nitrogens with zero attached hydrogens (tertiary/aromatic N) is 1. The highest BCUT2D eigenvalue weighted by atomic mass is 79.9. The lowest BCUT2D eigenvalue weighted by Crippen LogP contribution is -2.20. The molecule has 1 unspecified atom stereocenters. The van der Waals surface area contributed by atoms with Crippen LogP contribution in [0.5, 0.6) is 0 Å². The zero-order chi connectivity index (χ0) is 21.0. The molecular weight excluding hydrogens is 414 g/mol. The van der Waals surface area contributed by atoms with Gasteiger partial charge in [0.25, 0.3) is 0 Å². The first-order valence-corrected chi connectivity index (χ1v) is 12.7. The first-order valence-electron chi connectivity index (χ1n) is 11.6. The number of hydrogen-bond acceptors (Lipinski definition) is 2. The molecule has 1 atom stereocenters. The van der Waals surface area contributed by atoms with Crippen molar-refractivity contribution in [3.8, 4) is 0 Å². The van der Waals surface area contributed by atoms with Crippen molar-refractivity contribution < 1.29 is 9.90 Å². The molecule has 4 heteroatoms. The van der Waals surface area contributed by atoms with Gasteiger partial charge >= 0.3 is 5.97 Å². The molecule has 0 saturated carbocycles. The molecule has 0 spiro atoms. The highest BCUT2D eigenvalue weighted by molar-refractivity contribution is 9.09.